The normalized spacial score (nSPS) is 11.3. The molecule has 0 amide bonds. The largest absolute Gasteiger partial charge is 0.390 e. The summed E-state index contributed by atoms with van der Waals surface area (Å²) in [5.74, 6) is -3.24. The molecule has 6 heteroatoms. The van der Waals surface area contributed by atoms with Crippen molar-refractivity contribution in [2.24, 2.45) is 0 Å². The first-order valence-corrected chi connectivity index (χ1v) is 5.58. The smallest absolute Gasteiger partial charge is 0.287 e. The van der Waals surface area contributed by atoms with Gasteiger partial charge in [-0.05, 0) is 6.07 Å². The number of hydrogen-bond donors (Lipinski definition) is 2. The van der Waals surface area contributed by atoms with E-state index >= 15 is 0 Å². The van der Waals surface area contributed by atoms with Gasteiger partial charge in [0, 0.05) is 11.6 Å². The fourth-order valence-corrected chi connectivity index (χ4v) is 1.69. The van der Waals surface area contributed by atoms with Crippen molar-refractivity contribution < 1.29 is 13.9 Å². The van der Waals surface area contributed by atoms with Crippen molar-refractivity contribution >= 4 is 16.6 Å². The summed E-state index contributed by atoms with van der Waals surface area (Å²) < 4.78 is 26.1. The Hall–Kier alpha value is -2.26. The number of aliphatic hydroxyl groups excluding tert-OH is 1. The summed E-state index contributed by atoms with van der Waals surface area (Å²) in [5, 5.41) is 20.7. The van der Waals surface area contributed by atoms with E-state index in [2.05, 4.69) is 10.3 Å². The highest BCUT2D eigenvalue weighted by molar-refractivity contribution is 5.93. The molecule has 1 heterocycles. The molecule has 0 unspecified atom stereocenters. The van der Waals surface area contributed by atoms with Crippen molar-refractivity contribution in [2.45, 2.75) is 5.92 Å². The minimum Gasteiger partial charge on any atom is -0.390 e. The predicted molar refractivity (Wildman–Crippen MR) is 67.0 cm³/mol. The van der Waals surface area contributed by atoms with Gasteiger partial charge in [-0.1, -0.05) is 18.2 Å². The molecule has 1 aromatic carbocycles. The van der Waals surface area contributed by atoms with Crippen LogP contribution in [0, 0.1) is 11.3 Å². The van der Waals surface area contributed by atoms with Gasteiger partial charge < -0.3 is 10.4 Å². The third-order valence-corrected chi connectivity index (χ3v) is 2.65. The number of pyridine rings is 1. The lowest BCUT2D eigenvalue weighted by Gasteiger charge is -2.16. The molecule has 0 aliphatic rings. The zero-order chi connectivity index (χ0) is 13.9. The first-order chi connectivity index (χ1) is 9.07. The topological polar surface area (TPSA) is 68.9 Å². The molecule has 0 bridgehead atoms. The number of nitrogens with one attached hydrogen (secondary N) is 1. The van der Waals surface area contributed by atoms with Gasteiger partial charge in [-0.15, -0.1) is 0 Å². The van der Waals surface area contributed by atoms with Crippen molar-refractivity contribution in [2.75, 3.05) is 18.5 Å². The third-order valence-electron chi connectivity index (χ3n) is 2.65. The van der Waals surface area contributed by atoms with Crippen LogP contribution in [0.2, 0.25) is 0 Å². The Morgan fingerprint density at radius 2 is 2.11 bits per heavy atom. The van der Waals surface area contributed by atoms with E-state index in [0.717, 1.165) is 0 Å². The van der Waals surface area contributed by atoms with Gasteiger partial charge >= 0.3 is 0 Å². The van der Waals surface area contributed by atoms with E-state index in [1.165, 1.54) is 6.20 Å². The zero-order valence-electron chi connectivity index (χ0n) is 9.90. The van der Waals surface area contributed by atoms with Crippen molar-refractivity contribution in [3.05, 3.63) is 36.0 Å². The molecular weight excluding hydrogens is 252 g/mol. The molecule has 1 aromatic heterocycles. The predicted octanol–water partition coefficient (Wildman–Crippen LogP) is 2.15. The van der Waals surface area contributed by atoms with Crippen LogP contribution in [-0.2, 0) is 0 Å². The van der Waals surface area contributed by atoms with E-state index < -0.39 is 19.1 Å². The van der Waals surface area contributed by atoms with Gasteiger partial charge in [-0.3, -0.25) is 4.98 Å². The number of halogens is 2. The van der Waals surface area contributed by atoms with Crippen molar-refractivity contribution in [3.8, 4) is 6.07 Å². The molecule has 2 aromatic rings. The second kappa shape index (κ2) is 5.16. The van der Waals surface area contributed by atoms with E-state index in [1.807, 2.05) is 6.07 Å². The monoisotopic (exact) mass is 263 g/mol. The second-order valence-corrected chi connectivity index (χ2v) is 4.04. The molecular formula is C13H11F2N3O. The van der Waals surface area contributed by atoms with Crippen LogP contribution >= 0.6 is 0 Å². The molecule has 2 rings (SSSR count). The molecule has 0 fully saturated rings. The van der Waals surface area contributed by atoms with Crippen molar-refractivity contribution in [1.29, 1.82) is 5.26 Å². The summed E-state index contributed by atoms with van der Waals surface area (Å²) in [6.45, 7) is -1.99. The SMILES string of the molecule is N#Cc1cnc2ccccc2c1NCC(F)(F)CO. The fourth-order valence-electron chi connectivity index (χ4n) is 1.69. The van der Waals surface area contributed by atoms with Gasteiger partial charge in [0.1, 0.15) is 12.7 Å². The summed E-state index contributed by atoms with van der Waals surface area (Å²) in [5.41, 5.74) is 1.10. The Balaban J connectivity index is 2.43. The van der Waals surface area contributed by atoms with Crippen LogP contribution in [0.5, 0.6) is 0 Å². The highest BCUT2D eigenvalue weighted by Gasteiger charge is 2.27. The number of hydrogen-bond acceptors (Lipinski definition) is 4. The Kier molecular flexibility index (Phi) is 3.58. The molecule has 0 aliphatic heterocycles. The number of aromatic nitrogens is 1. The summed E-state index contributed by atoms with van der Waals surface area (Å²) in [6.07, 6.45) is 1.34. The number of aliphatic hydroxyl groups is 1. The number of nitrogens with zero attached hydrogens (tertiary/aromatic N) is 2. The van der Waals surface area contributed by atoms with E-state index in [-0.39, 0.29) is 5.56 Å². The Morgan fingerprint density at radius 1 is 1.37 bits per heavy atom. The minimum atomic E-state index is -3.24. The van der Waals surface area contributed by atoms with Crippen LogP contribution in [0.1, 0.15) is 5.56 Å². The maximum Gasteiger partial charge on any atom is 0.287 e. The summed E-state index contributed by atoms with van der Waals surface area (Å²) in [4.78, 5) is 4.08. The molecule has 0 spiro atoms. The molecule has 0 saturated carbocycles. The van der Waals surface area contributed by atoms with Crippen molar-refractivity contribution in [3.63, 3.8) is 0 Å². The van der Waals surface area contributed by atoms with Crippen LogP contribution in [0.25, 0.3) is 10.9 Å². The third kappa shape index (κ3) is 2.77. The molecule has 98 valence electrons. The van der Waals surface area contributed by atoms with Crippen molar-refractivity contribution in [1.82, 2.24) is 4.98 Å². The number of nitriles is 1. The lowest BCUT2D eigenvalue weighted by Crippen LogP contribution is -2.31. The molecule has 2 N–H and O–H groups in total. The van der Waals surface area contributed by atoms with Gasteiger partial charge in [-0.2, -0.15) is 5.26 Å². The molecule has 4 nitrogen and oxygen atoms in total. The standard InChI is InChI=1S/C13H11F2N3O/c14-13(15,8-19)7-18-12-9(5-16)6-17-11-4-2-1-3-10(11)12/h1-4,6,19H,7-8H2,(H,17,18). The van der Waals surface area contributed by atoms with Gasteiger partial charge in [0.25, 0.3) is 5.92 Å². The number of anilines is 1. The van der Waals surface area contributed by atoms with E-state index in [1.54, 1.807) is 24.3 Å². The number of benzene rings is 1. The van der Waals surface area contributed by atoms with Crippen LogP contribution in [-0.4, -0.2) is 29.2 Å². The average Bonchev–Trinajstić information content (AvgIpc) is 2.44. The maximum atomic E-state index is 13.1. The maximum absolute atomic E-state index is 13.1. The van der Waals surface area contributed by atoms with Crippen LogP contribution in [0.15, 0.2) is 30.5 Å². The van der Waals surface area contributed by atoms with E-state index in [9.17, 15) is 8.78 Å². The first kappa shape index (κ1) is 13.2. The highest BCUT2D eigenvalue weighted by Crippen LogP contribution is 2.26. The number of rotatable bonds is 4. The number of para-hydroxylation sites is 1. The fraction of sp³-hybridized carbons (Fsp3) is 0.231. The van der Waals surface area contributed by atoms with Gasteiger partial charge in [-0.25, -0.2) is 8.78 Å². The summed E-state index contributed by atoms with van der Waals surface area (Å²) in [7, 11) is 0. The van der Waals surface area contributed by atoms with E-state index in [4.69, 9.17) is 10.4 Å². The lowest BCUT2D eigenvalue weighted by atomic mass is 10.1. The van der Waals surface area contributed by atoms with Gasteiger partial charge in [0.05, 0.1) is 23.3 Å². The Labute approximate surface area is 108 Å². The zero-order valence-corrected chi connectivity index (χ0v) is 9.90. The second-order valence-electron chi connectivity index (χ2n) is 4.04. The number of fused-ring (bicyclic) bond motifs is 1. The summed E-state index contributed by atoms with van der Waals surface area (Å²) >= 11 is 0. The van der Waals surface area contributed by atoms with Crippen LogP contribution in [0.4, 0.5) is 14.5 Å². The number of alkyl halides is 2. The molecule has 19 heavy (non-hydrogen) atoms. The molecule has 0 radical (unpaired) electrons. The molecule has 0 atom stereocenters. The van der Waals surface area contributed by atoms with Crippen LogP contribution in [0.3, 0.4) is 0 Å². The molecule has 0 aliphatic carbocycles. The summed E-state index contributed by atoms with van der Waals surface area (Å²) in [6, 6.07) is 8.84. The van der Waals surface area contributed by atoms with Gasteiger partial charge in [0.15, 0.2) is 0 Å². The Bertz CT molecular complexity index is 637. The lowest BCUT2D eigenvalue weighted by molar-refractivity contribution is -0.0372. The van der Waals surface area contributed by atoms with Crippen LogP contribution < -0.4 is 5.32 Å². The highest BCUT2D eigenvalue weighted by atomic mass is 19.3. The average molecular weight is 263 g/mol. The van der Waals surface area contributed by atoms with Gasteiger partial charge in [0.2, 0.25) is 0 Å². The van der Waals surface area contributed by atoms with E-state index in [0.29, 0.717) is 16.6 Å². The minimum absolute atomic E-state index is 0.187. The Morgan fingerprint density at radius 3 is 2.79 bits per heavy atom. The molecule has 0 saturated heterocycles. The quantitative estimate of drug-likeness (QED) is 0.886. The first-order valence-electron chi connectivity index (χ1n) is 5.58.